The van der Waals surface area contributed by atoms with Gasteiger partial charge in [-0.3, -0.25) is 4.68 Å². The van der Waals surface area contributed by atoms with E-state index >= 15 is 0 Å². The second-order valence-electron chi connectivity index (χ2n) is 5.26. The minimum Gasteiger partial charge on any atom is -0.324 e. The number of nitrogens with two attached hydrogens (primary N) is 1. The number of halogens is 1. The lowest BCUT2D eigenvalue weighted by Crippen LogP contribution is -2.17. The van der Waals surface area contributed by atoms with Crippen molar-refractivity contribution < 1.29 is 0 Å². The van der Waals surface area contributed by atoms with Crippen molar-refractivity contribution >= 4 is 11.6 Å². The summed E-state index contributed by atoms with van der Waals surface area (Å²) in [4.78, 5) is 0. The number of aromatic nitrogens is 2. The molecule has 20 heavy (non-hydrogen) atoms. The van der Waals surface area contributed by atoms with Gasteiger partial charge in [-0.05, 0) is 44.4 Å². The molecule has 2 rings (SSSR count). The van der Waals surface area contributed by atoms with Gasteiger partial charge in [-0.2, -0.15) is 5.10 Å². The fourth-order valence-electron chi connectivity index (χ4n) is 2.56. The summed E-state index contributed by atoms with van der Waals surface area (Å²) in [6, 6.07) is 6.20. The molecule has 0 aliphatic heterocycles. The van der Waals surface area contributed by atoms with Crippen LogP contribution in [0.5, 0.6) is 0 Å². The van der Waals surface area contributed by atoms with Crippen LogP contribution in [0.2, 0.25) is 5.02 Å². The summed E-state index contributed by atoms with van der Waals surface area (Å²) in [5.74, 6) is 0. The zero-order chi connectivity index (χ0) is 14.9. The minimum absolute atomic E-state index is 0.0613. The first-order valence-electron chi connectivity index (χ1n) is 6.99. The Morgan fingerprint density at radius 1 is 1.30 bits per heavy atom. The molecular formula is C16H22ClN3. The molecule has 0 saturated carbocycles. The molecule has 3 nitrogen and oxygen atoms in total. The van der Waals surface area contributed by atoms with Crippen molar-refractivity contribution in [1.29, 1.82) is 0 Å². The fourth-order valence-corrected chi connectivity index (χ4v) is 2.77. The molecule has 0 saturated heterocycles. The van der Waals surface area contributed by atoms with E-state index in [1.165, 1.54) is 16.7 Å². The van der Waals surface area contributed by atoms with Crippen LogP contribution in [0.15, 0.2) is 18.2 Å². The predicted octanol–water partition coefficient (Wildman–Crippen LogP) is 3.72. The van der Waals surface area contributed by atoms with Gasteiger partial charge in [0, 0.05) is 19.0 Å². The van der Waals surface area contributed by atoms with Crippen LogP contribution in [-0.4, -0.2) is 9.78 Å². The first-order valence-corrected chi connectivity index (χ1v) is 7.37. The monoisotopic (exact) mass is 291 g/mol. The molecule has 2 N–H and O–H groups in total. The third kappa shape index (κ3) is 2.74. The first kappa shape index (κ1) is 15.1. The van der Waals surface area contributed by atoms with Crippen molar-refractivity contribution in [2.75, 3.05) is 0 Å². The zero-order valence-corrected chi connectivity index (χ0v) is 13.3. The van der Waals surface area contributed by atoms with Crippen molar-refractivity contribution in [1.82, 2.24) is 9.78 Å². The van der Waals surface area contributed by atoms with Crippen LogP contribution >= 0.6 is 11.6 Å². The topological polar surface area (TPSA) is 43.8 Å². The normalized spacial score (nSPS) is 12.7. The lowest BCUT2D eigenvalue weighted by Gasteiger charge is -2.17. The molecule has 0 aliphatic carbocycles. The molecule has 0 radical (unpaired) electrons. The van der Waals surface area contributed by atoms with Crippen molar-refractivity contribution in [3.05, 3.63) is 51.3 Å². The molecule has 0 amide bonds. The molecule has 4 heteroatoms. The highest BCUT2D eigenvalue weighted by molar-refractivity contribution is 6.31. The molecule has 1 heterocycles. The Hall–Kier alpha value is -1.32. The van der Waals surface area contributed by atoms with Gasteiger partial charge in [-0.25, -0.2) is 0 Å². The van der Waals surface area contributed by atoms with Crippen molar-refractivity contribution in [3.63, 3.8) is 0 Å². The minimum atomic E-state index is -0.0613. The van der Waals surface area contributed by atoms with E-state index in [0.29, 0.717) is 6.42 Å². The van der Waals surface area contributed by atoms with Gasteiger partial charge in [0.05, 0.1) is 16.4 Å². The van der Waals surface area contributed by atoms with Crippen LogP contribution in [0.4, 0.5) is 0 Å². The van der Waals surface area contributed by atoms with Crippen LogP contribution in [0.25, 0.3) is 0 Å². The molecule has 0 aliphatic rings. The Labute approximate surface area is 125 Å². The number of hydrogen-bond donors (Lipinski definition) is 1. The Balaban J connectivity index is 2.32. The van der Waals surface area contributed by atoms with E-state index in [2.05, 4.69) is 44.1 Å². The lowest BCUT2D eigenvalue weighted by atomic mass is 9.95. The molecule has 1 aromatic carbocycles. The maximum atomic E-state index is 6.40. The average molecular weight is 292 g/mol. The van der Waals surface area contributed by atoms with Crippen LogP contribution in [0.3, 0.4) is 0 Å². The maximum absolute atomic E-state index is 6.40. The summed E-state index contributed by atoms with van der Waals surface area (Å²) in [5.41, 5.74) is 12.0. The van der Waals surface area contributed by atoms with Gasteiger partial charge in [-0.15, -0.1) is 0 Å². The summed E-state index contributed by atoms with van der Waals surface area (Å²) in [5, 5.41) is 5.19. The summed E-state index contributed by atoms with van der Waals surface area (Å²) >= 11 is 6.36. The summed E-state index contributed by atoms with van der Waals surface area (Å²) in [7, 11) is 0. The van der Waals surface area contributed by atoms with Gasteiger partial charge in [0.25, 0.3) is 0 Å². The van der Waals surface area contributed by atoms with Crippen molar-refractivity contribution in [2.45, 2.75) is 46.7 Å². The van der Waals surface area contributed by atoms with Gasteiger partial charge < -0.3 is 5.73 Å². The molecule has 0 bridgehead atoms. The van der Waals surface area contributed by atoms with E-state index in [4.69, 9.17) is 17.3 Å². The Morgan fingerprint density at radius 3 is 2.65 bits per heavy atom. The van der Waals surface area contributed by atoms with Crippen molar-refractivity contribution in [2.24, 2.45) is 5.73 Å². The lowest BCUT2D eigenvalue weighted by molar-refractivity contribution is 0.586. The number of nitrogens with zero attached hydrogens (tertiary/aromatic N) is 2. The van der Waals surface area contributed by atoms with Crippen LogP contribution in [-0.2, 0) is 13.0 Å². The van der Waals surface area contributed by atoms with Crippen molar-refractivity contribution in [3.8, 4) is 0 Å². The highest BCUT2D eigenvalue weighted by Gasteiger charge is 2.18. The quantitative estimate of drug-likeness (QED) is 0.933. The predicted molar refractivity (Wildman–Crippen MR) is 84.2 cm³/mol. The SMILES string of the molecule is CCn1nc(C)c(Cl)c1CC(N)c1cccc(C)c1C. The third-order valence-electron chi connectivity index (χ3n) is 3.91. The Bertz CT molecular complexity index is 616. The van der Waals surface area contributed by atoms with E-state index < -0.39 is 0 Å². The molecule has 0 fully saturated rings. The van der Waals surface area contributed by atoms with E-state index in [1.54, 1.807) is 0 Å². The molecule has 2 aromatic rings. The Kier molecular flexibility index (Phi) is 4.51. The van der Waals surface area contributed by atoms with E-state index in [0.717, 1.165) is 23.0 Å². The molecule has 1 aromatic heterocycles. The number of rotatable bonds is 4. The van der Waals surface area contributed by atoms with E-state index in [-0.39, 0.29) is 6.04 Å². The molecule has 108 valence electrons. The third-order valence-corrected chi connectivity index (χ3v) is 4.40. The molecule has 1 atom stereocenters. The average Bonchev–Trinajstić information content (AvgIpc) is 2.69. The first-order chi connectivity index (χ1) is 9.45. The highest BCUT2D eigenvalue weighted by atomic mass is 35.5. The highest BCUT2D eigenvalue weighted by Crippen LogP contribution is 2.27. The van der Waals surface area contributed by atoms with Gasteiger partial charge >= 0.3 is 0 Å². The number of aryl methyl sites for hydroxylation is 3. The zero-order valence-electron chi connectivity index (χ0n) is 12.6. The van der Waals surface area contributed by atoms with Crippen LogP contribution < -0.4 is 5.73 Å². The largest absolute Gasteiger partial charge is 0.324 e. The van der Waals surface area contributed by atoms with Gasteiger partial charge in [0.2, 0.25) is 0 Å². The second kappa shape index (κ2) is 5.98. The number of benzene rings is 1. The number of hydrogen-bond acceptors (Lipinski definition) is 2. The fraction of sp³-hybridized carbons (Fsp3) is 0.438. The van der Waals surface area contributed by atoms with Gasteiger partial charge in [0.15, 0.2) is 0 Å². The molecular weight excluding hydrogens is 270 g/mol. The molecule has 0 spiro atoms. The molecule has 1 unspecified atom stereocenters. The summed E-state index contributed by atoms with van der Waals surface area (Å²) < 4.78 is 1.95. The standard InChI is InChI=1S/C16H22ClN3/c1-5-20-15(16(17)12(4)19-20)9-14(18)13-8-6-7-10(2)11(13)3/h6-8,14H,5,9,18H2,1-4H3. The van der Waals surface area contributed by atoms with E-state index in [9.17, 15) is 0 Å². The smallest absolute Gasteiger partial charge is 0.0847 e. The van der Waals surface area contributed by atoms with Gasteiger partial charge in [-0.1, -0.05) is 29.8 Å². The summed E-state index contributed by atoms with van der Waals surface area (Å²) in [6.45, 7) is 9.03. The maximum Gasteiger partial charge on any atom is 0.0847 e. The summed E-state index contributed by atoms with van der Waals surface area (Å²) in [6.07, 6.45) is 0.706. The Morgan fingerprint density at radius 2 is 2.00 bits per heavy atom. The van der Waals surface area contributed by atoms with Gasteiger partial charge in [0.1, 0.15) is 0 Å². The van der Waals surface area contributed by atoms with Crippen LogP contribution in [0.1, 0.15) is 41.0 Å². The van der Waals surface area contributed by atoms with Crippen LogP contribution in [0, 0.1) is 20.8 Å². The van der Waals surface area contributed by atoms with E-state index in [1.807, 2.05) is 11.6 Å². The second-order valence-corrected chi connectivity index (χ2v) is 5.64.